The van der Waals surface area contributed by atoms with E-state index in [-0.39, 0.29) is 99.2 Å². The summed E-state index contributed by atoms with van der Waals surface area (Å²) < 4.78 is 90.8. The maximum absolute atomic E-state index is 14.8. The number of aromatic nitrogens is 8. The number of piperidine rings is 1. The van der Waals surface area contributed by atoms with Gasteiger partial charge in [0.25, 0.3) is 17.7 Å². The van der Waals surface area contributed by atoms with E-state index in [0.717, 1.165) is 49.0 Å². The first-order chi connectivity index (χ1) is 61.7. The second-order valence-electron chi connectivity index (χ2n) is 34.1. The average molecular weight is 1800 g/mol. The highest BCUT2D eigenvalue weighted by atomic mass is 16.7. The number of unbranched alkanes of at least 4 members (excludes halogenated alkanes) is 3. The van der Waals surface area contributed by atoms with E-state index in [1.807, 2.05) is 62.0 Å². The highest BCUT2D eigenvalue weighted by molar-refractivity contribution is 6.39. The molecular formula is C92H140N12O24. The van der Waals surface area contributed by atoms with Gasteiger partial charge in [-0.05, 0) is 151 Å². The van der Waals surface area contributed by atoms with E-state index >= 15 is 0 Å². The predicted octanol–water partition coefficient (Wildman–Crippen LogP) is 8.72. The number of nitrogen functional groups attached to an aromatic ring is 2. The zero-order chi connectivity index (χ0) is 92.0. The van der Waals surface area contributed by atoms with E-state index in [1.165, 1.54) is 20.5 Å². The molecule has 8 N–H and O–H groups in total. The molecule has 36 heteroatoms. The topological polar surface area (TPSA) is 460 Å². The number of anilines is 2. The van der Waals surface area contributed by atoms with Crippen molar-refractivity contribution in [1.29, 1.82) is 0 Å². The number of oxazole rings is 1. The number of fused-ring (bicyclic) bond motifs is 5. The van der Waals surface area contributed by atoms with E-state index in [0.29, 0.717) is 214 Å². The van der Waals surface area contributed by atoms with Gasteiger partial charge in [0.05, 0.1) is 136 Å². The Bertz CT molecular complexity index is 4380. The van der Waals surface area contributed by atoms with E-state index < -0.39 is 83.4 Å². The molecule has 0 spiro atoms. The number of aliphatic hydroxyl groups is 3. The molecular weight excluding hydrogens is 1660 g/mol. The first-order valence-corrected chi connectivity index (χ1v) is 45.5. The van der Waals surface area contributed by atoms with Gasteiger partial charge in [-0.1, -0.05) is 76.3 Å². The van der Waals surface area contributed by atoms with Gasteiger partial charge in [0, 0.05) is 103 Å². The summed E-state index contributed by atoms with van der Waals surface area (Å²) >= 11 is 0. The fourth-order valence-electron chi connectivity index (χ4n) is 16.6. The fourth-order valence-corrected chi connectivity index (χ4v) is 16.6. The number of carbonyl (C=O) groups excluding carboxylic acids is 6. The van der Waals surface area contributed by atoms with Crippen molar-refractivity contribution in [3.8, 4) is 11.3 Å². The van der Waals surface area contributed by atoms with E-state index in [9.17, 15) is 44.1 Å². The van der Waals surface area contributed by atoms with Crippen LogP contribution in [0.1, 0.15) is 170 Å². The number of Topliss-reactive ketones (excluding diaryl/α,β-unsaturated/α-hetero) is 3. The lowest BCUT2D eigenvalue weighted by Gasteiger charge is -2.46. The number of ketones is 3. The SMILES string of the molecule is CO[C@H]1C[C@]2(O)CC[C@@H](C)[C@@](O)(O2)C(=O)C(=O)N2CCCC[C@H]2C(=O)O[C@H]([C@H](C)C[C@@H]2CC[C@@H](OCCOCc3cn(CCOCCOCCOCCOCCOCCCCCOCCOCCC(=O)NCCCCn4nc(-c5ccc6oc(N)nc6c5)c5c(N)ncnc54)nn3)[C@H](OC)C2)CC(=O)[C@H](C)/C=C(\C)[C@@H](O)[C@@H](OC)C(=O)[C@H](C)C[C@H](C)/C=C/C=C/C=C/1C. The molecule has 15 atom stereocenters. The Hall–Kier alpha value is -8.28. The first kappa shape index (κ1) is 103. The predicted molar refractivity (Wildman–Crippen MR) is 473 cm³/mol. The zero-order valence-corrected chi connectivity index (χ0v) is 76.5. The first-order valence-electron chi connectivity index (χ1n) is 45.5. The molecule has 0 radical (unpaired) electrons. The normalized spacial score (nSPS) is 27.0. The van der Waals surface area contributed by atoms with Crippen LogP contribution in [0.25, 0.3) is 33.4 Å². The maximum atomic E-state index is 14.8. The molecule has 2 saturated heterocycles. The average Bonchev–Trinajstić information content (AvgIpc) is 1.18. The van der Waals surface area contributed by atoms with Crippen LogP contribution in [0.15, 0.2) is 82.7 Å². The third kappa shape index (κ3) is 32.0. The number of nitrogens with two attached hydrogens (primary N) is 2. The van der Waals surface area contributed by atoms with Gasteiger partial charge >= 0.3 is 5.97 Å². The molecule has 4 aliphatic rings. The molecule has 2 amide bonds. The molecule has 7 heterocycles. The number of amides is 2. The van der Waals surface area contributed by atoms with Crippen LogP contribution in [0.4, 0.5) is 11.8 Å². The lowest BCUT2D eigenvalue weighted by Crippen LogP contribution is -2.63. The number of nitrogens with zero attached hydrogens (tertiary/aromatic N) is 9. The van der Waals surface area contributed by atoms with E-state index in [1.54, 1.807) is 63.8 Å². The Kier molecular flexibility index (Phi) is 43.6. The highest BCUT2D eigenvalue weighted by Crippen LogP contribution is 2.43. The Labute approximate surface area is 750 Å². The summed E-state index contributed by atoms with van der Waals surface area (Å²) in [6, 6.07) is 4.33. The quantitative estimate of drug-likeness (QED) is 0.00917. The van der Waals surface area contributed by atoms with Crippen molar-refractivity contribution in [1.82, 2.24) is 49.9 Å². The van der Waals surface area contributed by atoms with Gasteiger partial charge in [-0.2, -0.15) is 10.1 Å². The molecule has 0 unspecified atom stereocenters. The van der Waals surface area contributed by atoms with Gasteiger partial charge in [-0.3, -0.25) is 24.0 Å². The van der Waals surface area contributed by atoms with Crippen molar-refractivity contribution in [2.24, 2.45) is 35.5 Å². The Morgan fingerprint density at radius 1 is 0.727 bits per heavy atom. The number of rotatable bonds is 45. The number of cyclic esters (lactones) is 1. The molecule has 9 rings (SSSR count). The number of allylic oxidation sites excluding steroid dienone is 6. The van der Waals surface area contributed by atoms with Crippen molar-refractivity contribution >= 4 is 69.1 Å². The van der Waals surface area contributed by atoms with Gasteiger partial charge in [0.15, 0.2) is 22.8 Å². The smallest absolute Gasteiger partial charge is 0.329 e. The Balaban J connectivity index is 0.590. The number of aliphatic hydroxyl groups excluding tert-OH is 1. The molecule has 712 valence electrons. The second kappa shape index (κ2) is 53.9. The van der Waals surface area contributed by atoms with Crippen LogP contribution >= 0.6 is 0 Å². The summed E-state index contributed by atoms with van der Waals surface area (Å²) in [5.74, 6) is -11.1. The van der Waals surface area contributed by atoms with E-state index in [2.05, 4.69) is 30.6 Å². The summed E-state index contributed by atoms with van der Waals surface area (Å²) in [5.41, 5.74) is 17.0. The van der Waals surface area contributed by atoms with Gasteiger partial charge in [-0.25, -0.2) is 24.1 Å². The maximum Gasteiger partial charge on any atom is 0.329 e. The molecule has 128 heavy (non-hydrogen) atoms. The summed E-state index contributed by atoms with van der Waals surface area (Å²) in [6.45, 7) is 21.2. The fraction of sp³-hybridized carbons (Fsp3) is 0.696. The summed E-state index contributed by atoms with van der Waals surface area (Å²) in [7, 11) is 4.48. The number of aryl methyl sites for hydroxylation is 1. The molecule has 5 aromatic rings. The van der Waals surface area contributed by atoms with Gasteiger partial charge in [0.1, 0.15) is 59.2 Å². The van der Waals surface area contributed by atoms with Crippen molar-refractivity contribution in [2.45, 2.75) is 238 Å². The standard InChI is InChI=1S/C92H140N12O24/c1-61-21-13-11-14-22-62(2)78(115-9)57-91(112)30-28-67(7)92(113,128-91)85(109)88(110)103-32-17-15-23-72(103)89(111)126-76(56-73(105)63(3)52-66(6)83(108)84(116-10)82(107)65(5)51-61)64(4)53-68-24-26-75(77(54-68)114-8)125-50-49-124-59-70-58-102(101-99-70)34-38-120-42-44-122-46-48-123-47-45-121-43-40-118-36-20-12-19-35-117-39-41-119-37-29-79(106)95-31-16-18-33-104-87-80(86(93)96-60-97-87)81(100-104)69-25-27-74-71(55-69)98-90(94)127-74/h11,13-14,21-22,25,27,52,55,58,60-61,63-65,67-68,72,75-78,83-84,108,112-113H,12,15-20,23-24,26,28-51,53-54,56-57,59H2,1-10H3,(H2,94,98)(H,95,106)(H2,93,96,97)/b14-11+,21-13+,62-22+,66-52+/t61-,63-,64-,65-,67-,68+,72+,75-,76+,77-,78+,83-,84+,91+,92-/m1/s1. The Morgan fingerprint density at radius 3 is 2.12 bits per heavy atom. The van der Waals surface area contributed by atoms with Gasteiger partial charge in [0.2, 0.25) is 11.7 Å². The van der Waals surface area contributed by atoms with Crippen LogP contribution < -0.4 is 16.8 Å². The number of nitrogens with one attached hydrogen (secondary N) is 1. The van der Waals surface area contributed by atoms with Crippen molar-refractivity contribution in [2.75, 3.05) is 152 Å². The molecule has 3 fully saturated rings. The lowest BCUT2D eigenvalue weighted by molar-refractivity contribution is -0.360. The van der Waals surface area contributed by atoms with Crippen molar-refractivity contribution in [3.05, 3.63) is 84.0 Å². The van der Waals surface area contributed by atoms with Gasteiger partial charge in [-0.15, -0.1) is 5.10 Å². The number of methoxy groups -OCH3 is 3. The number of benzene rings is 1. The summed E-state index contributed by atoms with van der Waals surface area (Å²) in [4.78, 5) is 98.8. The molecule has 3 aliphatic heterocycles. The number of hydrogen-bond donors (Lipinski definition) is 6. The monoisotopic (exact) mass is 1800 g/mol. The van der Waals surface area contributed by atoms with Crippen LogP contribution in [0.3, 0.4) is 0 Å². The van der Waals surface area contributed by atoms with Crippen LogP contribution in [0.5, 0.6) is 0 Å². The minimum absolute atomic E-state index is 0.00760. The van der Waals surface area contributed by atoms with Gasteiger partial charge < -0.3 is 108 Å². The molecule has 36 nitrogen and oxygen atoms in total. The number of hydrogen-bond acceptors (Lipinski definition) is 32. The highest BCUT2D eigenvalue weighted by Gasteiger charge is 2.57. The van der Waals surface area contributed by atoms with Crippen LogP contribution in [0.2, 0.25) is 0 Å². The van der Waals surface area contributed by atoms with Crippen molar-refractivity contribution in [3.63, 3.8) is 0 Å². The molecule has 1 aliphatic carbocycles. The minimum atomic E-state index is -2.75. The van der Waals surface area contributed by atoms with Crippen molar-refractivity contribution < 1.29 is 115 Å². The number of ether oxygens (including phenoxy) is 14. The van der Waals surface area contributed by atoms with Crippen LogP contribution in [-0.4, -0.2) is 289 Å². The van der Waals surface area contributed by atoms with E-state index in [4.69, 9.17) is 87.3 Å². The summed E-state index contributed by atoms with van der Waals surface area (Å²) in [5, 5.41) is 52.7. The largest absolute Gasteiger partial charge is 0.460 e. The summed E-state index contributed by atoms with van der Waals surface area (Å²) in [6.07, 6.45) is 17.6. The second-order valence-corrected chi connectivity index (χ2v) is 34.1. The molecule has 1 saturated carbocycles. The number of esters is 1. The van der Waals surface area contributed by atoms with Crippen LogP contribution in [-0.2, 0) is 115 Å². The zero-order valence-electron chi connectivity index (χ0n) is 76.5. The minimum Gasteiger partial charge on any atom is -0.460 e. The third-order valence-electron chi connectivity index (χ3n) is 24.2. The van der Waals surface area contributed by atoms with Crippen LogP contribution in [0, 0.1) is 35.5 Å². The third-order valence-corrected chi connectivity index (χ3v) is 24.2. The lowest BCUT2D eigenvalue weighted by atomic mass is 9.78. The number of carbonyl (C=O) groups is 6. The molecule has 4 aromatic heterocycles. The molecule has 2 bridgehead atoms. The molecule has 1 aromatic carbocycles. The Morgan fingerprint density at radius 2 is 1.42 bits per heavy atom.